The van der Waals surface area contributed by atoms with Crippen molar-refractivity contribution in [2.45, 2.75) is 26.8 Å². The van der Waals surface area contributed by atoms with Gasteiger partial charge in [0.15, 0.2) is 0 Å². The molecule has 0 atom stereocenters. The molecule has 0 bridgehead atoms. The molecule has 94 valence electrons. The largest absolute Gasteiger partial charge is 0.340 e. The molecule has 0 aliphatic rings. The first-order valence-corrected chi connectivity index (χ1v) is 6.12. The summed E-state index contributed by atoms with van der Waals surface area (Å²) in [6.07, 6.45) is 2.71. The van der Waals surface area contributed by atoms with Crippen molar-refractivity contribution >= 4 is 11.5 Å². The van der Waals surface area contributed by atoms with Crippen LogP contribution in [0, 0.1) is 6.92 Å². The van der Waals surface area contributed by atoms with E-state index in [0.29, 0.717) is 12.4 Å². The SMILES string of the molecule is CCc1cccc(C)c1Nc1ccnc(CN)n1. The lowest BCUT2D eigenvalue weighted by molar-refractivity contribution is 0.911. The van der Waals surface area contributed by atoms with E-state index in [4.69, 9.17) is 5.73 Å². The van der Waals surface area contributed by atoms with Crippen molar-refractivity contribution in [1.29, 1.82) is 0 Å². The van der Waals surface area contributed by atoms with Crippen molar-refractivity contribution < 1.29 is 0 Å². The molecule has 0 saturated heterocycles. The molecule has 1 aromatic heterocycles. The highest BCUT2D eigenvalue weighted by atomic mass is 15.0. The molecular formula is C14H18N4. The van der Waals surface area contributed by atoms with Crippen LogP contribution >= 0.6 is 0 Å². The fraction of sp³-hybridized carbons (Fsp3) is 0.286. The predicted molar refractivity (Wildman–Crippen MR) is 73.8 cm³/mol. The fourth-order valence-electron chi connectivity index (χ4n) is 1.90. The second kappa shape index (κ2) is 5.60. The fourth-order valence-corrected chi connectivity index (χ4v) is 1.90. The van der Waals surface area contributed by atoms with E-state index in [9.17, 15) is 0 Å². The van der Waals surface area contributed by atoms with Gasteiger partial charge in [-0.1, -0.05) is 25.1 Å². The summed E-state index contributed by atoms with van der Waals surface area (Å²) in [6.45, 7) is 4.59. The summed E-state index contributed by atoms with van der Waals surface area (Å²) in [5.41, 5.74) is 9.16. The lowest BCUT2D eigenvalue weighted by Crippen LogP contribution is -2.06. The molecule has 18 heavy (non-hydrogen) atoms. The van der Waals surface area contributed by atoms with Crippen LogP contribution in [0.15, 0.2) is 30.5 Å². The van der Waals surface area contributed by atoms with Gasteiger partial charge < -0.3 is 11.1 Å². The van der Waals surface area contributed by atoms with Gasteiger partial charge in [0.2, 0.25) is 0 Å². The summed E-state index contributed by atoms with van der Waals surface area (Å²) in [5, 5.41) is 3.36. The first-order valence-electron chi connectivity index (χ1n) is 6.12. The minimum atomic E-state index is 0.351. The zero-order valence-corrected chi connectivity index (χ0v) is 10.8. The van der Waals surface area contributed by atoms with Crippen molar-refractivity contribution in [2.24, 2.45) is 5.73 Å². The van der Waals surface area contributed by atoms with E-state index in [1.807, 2.05) is 6.07 Å². The van der Waals surface area contributed by atoms with Crippen LogP contribution in [-0.4, -0.2) is 9.97 Å². The maximum absolute atomic E-state index is 5.55. The molecule has 3 N–H and O–H groups in total. The Morgan fingerprint density at radius 2 is 2.11 bits per heavy atom. The van der Waals surface area contributed by atoms with Crippen LogP contribution in [-0.2, 0) is 13.0 Å². The first-order chi connectivity index (χ1) is 8.74. The van der Waals surface area contributed by atoms with Crippen LogP contribution in [0.5, 0.6) is 0 Å². The first kappa shape index (κ1) is 12.5. The number of rotatable bonds is 4. The molecule has 0 spiro atoms. The molecule has 0 unspecified atom stereocenters. The third kappa shape index (κ3) is 2.65. The number of nitrogens with one attached hydrogen (secondary N) is 1. The molecule has 4 nitrogen and oxygen atoms in total. The number of benzene rings is 1. The van der Waals surface area contributed by atoms with Crippen LogP contribution in [0.4, 0.5) is 11.5 Å². The van der Waals surface area contributed by atoms with E-state index in [2.05, 4.69) is 47.3 Å². The number of aromatic nitrogens is 2. The second-order valence-corrected chi connectivity index (χ2v) is 4.15. The van der Waals surface area contributed by atoms with Gasteiger partial charge in [0.05, 0.1) is 6.54 Å². The number of hydrogen-bond acceptors (Lipinski definition) is 4. The summed E-state index contributed by atoms with van der Waals surface area (Å²) in [7, 11) is 0. The molecule has 0 saturated carbocycles. The molecule has 0 aliphatic carbocycles. The van der Waals surface area contributed by atoms with E-state index >= 15 is 0 Å². The van der Waals surface area contributed by atoms with Crippen LogP contribution in [0.3, 0.4) is 0 Å². The van der Waals surface area contributed by atoms with Crippen LogP contribution < -0.4 is 11.1 Å². The summed E-state index contributed by atoms with van der Waals surface area (Å²) in [5.74, 6) is 1.43. The van der Waals surface area contributed by atoms with Crippen LogP contribution in [0.1, 0.15) is 23.9 Å². The van der Waals surface area contributed by atoms with Gasteiger partial charge >= 0.3 is 0 Å². The molecule has 0 aliphatic heterocycles. The summed E-state index contributed by atoms with van der Waals surface area (Å²) >= 11 is 0. The van der Waals surface area contributed by atoms with E-state index in [-0.39, 0.29) is 0 Å². The summed E-state index contributed by atoms with van der Waals surface area (Å²) in [4.78, 5) is 8.44. The lowest BCUT2D eigenvalue weighted by atomic mass is 10.1. The Bertz CT molecular complexity index is 537. The van der Waals surface area contributed by atoms with Crippen LogP contribution in [0.25, 0.3) is 0 Å². The molecule has 1 heterocycles. The smallest absolute Gasteiger partial charge is 0.144 e. The zero-order valence-electron chi connectivity index (χ0n) is 10.8. The normalized spacial score (nSPS) is 10.4. The topological polar surface area (TPSA) is 63.8 Å². The molecular weight excluding hydrogens is 224 g/mol. The molecule has 2 rings (SSSR count). The lowest BCUT2D eigenvalue weighted by Gasteiger charge is -2.13. The maximum atomic E-state index is 5.55. The van der Waals surface area contributed by atoms with E-state index < -0.39 is 0 Å². The van der Waals surface area contributed by atoms with E-state index in [1.165, 1.54) is 11.1 Å². The van der Waals surface area contributed by atoms with Gasteiger partial charge in [0.25, 0.3) is 0 Å². The van der Waals surface area contributed by atoms with Crippen molar-refractivity contribution in [3.05, 3.63) is 47.4 Å². The summed E-state index contributed by atoms with van der Waals surface area (Å²) < 4.78 is 0. The number of aryl methyl sites for hydroxylation is 2. The molecule has 2 aromatic rings. The highest BCUT2D eigenvalue weighted by Gasteiger charge is 2.05. The monoisotopic (exact) mass is 242 g/mol. The second-order valence-electron chi connectivity index (χ2n) is 4.15. The molecule has 1 aromatic carbocycles. The Morgan fingerprint density at radius 1 is 1.28 bits per heavy atom. The standard InChI is InChI=1S/C14H18N4/c1-3-11-6-4-5-10(2)14(11)18-12-7-8-16-13(9-15)17-12/h4-8H,3,9,15H2,1-2H3,(H,16,17,18). The number of anilines is 2. The predicted octanol–water partition coefficient (Wildman–Crippen LogP) is 2.55. The average Bonchev–Trinajstić information content (AvgIpc) is 2.41. The van der Waals surface area contributed by atoms with Crippen molar-refractivity contribution in [2.75, 3.05) is 5.32 Å². The van der Waals surface area contributed by atoms with E-state index in [1.54, 1.807) is 6.20 Å². The zero-order chi connectivity index (χ0) is 13.0. The van der Waals surface area contributed by atoms with Gasteiger partial charge in [-0.3, -0.25) is 0 Å². The van der Waals surface area contributed by atoms with E-state index in [0.717, 1.165) is 17.9 Å². The Hall–Kier alpha value is -1.94. The van der Waals surface area contributed by atoms with Crippen LogP contribution in [0.2, 0.25) is 0 Å². The Kier molecular flexibility index (Phi) is 3.89. The Balaban J connectivity index is 2.33. The van der Waals surface area contributed by atoms with Gasteiger partial charge in [-0.15, -0.1) is 0 Å². The van der Waals surface area contributed by atoms with Gasteiger partial charge in [0.1, 0.15) is 11.6 Å². The van der Waals surface area contributed by atoms with Gasteiger partial charge in [-0.2, -0.15) is 0 Å². The van der Waals surface area contributed by atoms with Crippen molar-refractivity contribution in [1.82, 2.24) is 9.97 Å². The average molecular weight is 242 g/mol. The van der Waals surface area contributed by atoms with Gasteiger partial charge in [-0.05, 0) is 30.5 Å². The van der Waals surface area contributed by atoms with Crippen molar-refractivity contribution in [3.8, 4) is 0 Å². The minimum absolute atomic E-state index is 0.351. The maximum Gasteiger partial charge on any atom is 0.144 e. The number of nitrogens with two attached hydrogens (primary N) is 1. The third-order valence-electron chi connectivity index (χ3n) is 2.88. The molecule has 0 radical (unpaired) electrons. The minimum Gasteiger partial charge on any atom is -0.340 e. The number of para-hydroxylation sites is 1. The van der Waals surface area contributed by atoms with Gasteiger partial charge in [0, 0.05) is 11.9 Å². The molecule has 0 amide bonds. The molecule has 4 heteroatoms. The molecule has 0 fully saturated rings. The number of hydrogen-bond donors (Lipinski definition) is 2. The summed E-state index contributed by atoms with van der Waals surface area (Å²) in [6, 6.07) is 8.14. The highest BCUT2D eigenvalue weighted by molar-refractivity contribution is 5.64. The Labute approximate surface area is 107 Å². The highest BCUT2D eigenvalue weighted by Crippen LogP contribution is 2.24. The third-order valence-corrected chi connectivity index (χ3v) is 2.88. The Morgan fingerprint density at radius 3 is 2.83 bits per heavy atom. The quantitative estimate of drug-likeness (QED) is 0.864. The number of nitrogens with zero attached hydrogens (tertiary/aromatic N) is 2. The van der Waals surface area contributed by atoms with Crippen molar-refractivity contribution in [3.63, 3.8) is 0 Å². The van der Waals surface area contributed by atoms with Gasteiger partial charge in [-0.25, -0.2) is 9.97 Å².